The number of Topliss-reactive ketones (excluding diaryl/α,β-unsaturated/α-hetero) is 1. The van der Waals surface area contributed by atoms with E-state index in [2.05, 4.69) is 27.7 Å². The second kappa shape index (κ2) is 2.91. The molecule has 0 heterocycles. The number of fused-ring (bicyclic) bond motifs is 3. The predicted octanol–water partition coefficient (Wildman–Crippen LogP) is 3.67. The summed E-state index contributed by atoms with van der Waals surface area (Å²) in [6.07, 6.45) is 4.43. The Morgan fingerprint density at radius 1 is 1.12 bits per heavy atom. The molecule has 3 saturated carbocycles. The highest BCUT2D eigenvalue weighted by molar-refractivity contribution is 5.86. The molecular weight excluding hydrogens is 196 g/mol. The van der Waals surface area contributed by atoms with Crippen molar-refractivity contribution >= 4 is 5.78 Å². The Kier molecular flexibility index (Phi) is 1.97. The summed E-state index contributed by atoms with van der Waals surface area (Å²) in [4.78, 5) is 12.3. The van der Waals surface area contributed by atoms with Crippen LogP contribution in [0.15, 0.2) is 0 Å². The molecule has 0 unspecified atom stereocenters. The van der Waals surface area contributed by atoms with Crippen LogP contribution in [0.5, 0.6) is 0 Å². The van der Waals surface area contributed by atoms with E-state index >= 15 is 0 Å². The summed E-state index contributed by atoms with van der Waals surface area (Å²) in [5.74, 6) is 3.76. The third-order valence-electron chi connectivity index (χ3n) is 6.31. The molecule has 0 saturated heterocycles. The van der Waals surface area contributed by atoms with Crippen molar-refractivity contribution in [3.8, 4) is 0 Å². The molecule has 90 valence electrons. The minimum Gasteiger partial charge on any atom is -0.299 e. The normalized spacial score (nSPS) is 54.1. The SMILES string of the molecule is C[C@@H]1CCC(=O)[C@]2(C)CC[C@@H]3[C@H]([C@@H]12)C3(C)C. The van der Waals surface area contributed by atoms with Crippen LogP contribution in [0.25, 0.3) is 0 Å². The minimum atomic E-state index is 0.0343. The Morgan fingerprint density at radius 3 is 2.50 bits per heavy atom. The number of hydrogen-bond acceptors (Lipinski definition) is 1. The lowest BCUT2D eigenvalue weighted by molar-refractivity contribution is -0.140. The Bertz CT molecular complexity index is 343. The molecule has 0 aliphatic heterocycles. The molecule has 0 spiro atoms. The van der Waals surface area contributed by atoms with Crippen LogP contribution in [-0.4, -0.2) is 5.78 Å². The molecule has 5 atom stereocenters. The minimum absolute atomic E-state index is 0.0343. The van der Waals surface area contributed by atoms with E-state index in [1.54, 1.807) is 0 Å². The molecule has 3 aliphatic carbocycles. The van der Waals surface area contributed by atoms with Gasteiger partial charge in [0.25, 0.3) is 0 Å². The van der Waals surface area contributed by atoms with Crippen molar-refractivity contribution in [3.63, 3.8) is 0 Å². The van der Waals surface area contributed by atoms with Gasteiger partial charge in [-0.3, -0.25) is 4.79 Å². The van der Waals surface area contributed by atoms with E-state index in [0.29, 0.717) is 17.1 Å². The third kappa shape index (κ3) is 1.10. The summed E-state index contributed by atoms with van der Waals surface area (Å²) in [5, 5.41) is 0. The van der Waals surface area contributed by atoms with Gasteiger partial charge in [-0.15, -0.1) is 0 Å². The van der Waals surface area contributed by atoms with Crippen LogP contribution in [-0.2, 0) is 4.79 Å². The van der Waals surface area contributed by atoms with E-state index in [9.17, 15) is 4.79 Å². The summed E-state index contributed by atoms with van der Waals surface area (Å²) in [7, 11) is 0. The first-order chi connectivity index (χ1) is 7.39. The molecule has 1 heteroatoms. The van der Waals surface area contributed by atoms with Crippen LogP contribution in [0.3, 0.4) is 0 Å². The highest BCUT2D eigenvalue weighted by Crippen LogP contribution is 2.73. The molecule has 1 nitrogen and oxygen atoms in total. The summed E-state index contributed by atoms with van der Waals surface area (Å²) in [6.45, 7) is 9.48. The highest BCUT2D eigenvalue weighted by atomic mass is 16.1. The van der Waals surface area contributed by atoms with Gasteiger partial charge in [0.05, 0.1) is 0 Å². The average molecular weight is 220 g/mol. The maximum atomic E-state index is 12.3. The van der Waals surface area contributed by atoms with E-state index < -0.39 is 0 Å². The molecule has 0 aromatic heterocycles. The lowest BCUT2D eigenvalue weighted by Crippen LogP contribution is -2.46. The van der Waals surface area contributed by atoms with E-state index in [1.807, 2.05) is 0 Å². The molecule has 0 bridgehead atoms. The molecule has 3 rings (SSSR count). The lowest BCUT2D eigenvalue weighted by Gasteiger charge is -2.47. The van der Waals surface area contributed by atoms with E-state index in [0.717, 1.165) is 37.0 Å². The van der Waals surface area contributed by atoms with Crippen molar-refractivity contribution in [2.75, 3.05) is 0 Å². The zero-order chi connectivity index (χ0) is 11.7. The quantitative estimate of drug-likeness (QED) is 0.608. The monoisotopic (exact) mass is 220 g/mol. The van der Waals surface area contributed by atoms with Crippen molar-refractivity contribution in [1.29, 1.82) is 0 Å². The summed E-state index contributed by atoms with van der Waals surface area (Å²) in [5.41, 5.74) is 0.556. The van der Waals surface area contributed by atoms with Gasteiger partial charge in [0.2, 0.25) is 0 Å². The van der Waals surface area contributed by atoms with Crippen LogP contribution in [0, 0.1) is 34.5 Å². The number of rotatable bonds is 0. The summed E-state index contributed by atoms with van der Waals surface area (Å²) >= 11 is 0. The average Bonchev–Trinajstić information content (AvgIpc) is 2.76. The first-order valence-corrected chi connectivity index (χ1v) is 6.92. The van der Waals surface area contributed by atoms with Gasteiger partial charge in [-0.05, 0) is 48.3 Å². The number of carbonyl (C=O) groups is 1. The van der Waals surface area contributed by atoms with Gasteiger partial charge in [-0.25, -0.2) is 0 Å². The van der Waals surface area contributed by atoms with Gasteiger partial charge in [0, 0.05) is 11.8 Å². The first kappa shape index (κ1) is 10.8. The number of carbonyl (C=O) groups excluding carboxylic acids is 1. The first-order valence-electron chi connectivity index (χ1n) is 6.92. The Morgan fingerprint density at radius 2 is 1.81 bits per heavy atom. The molecule has 3 aliphatic rings. The molecule has 0 N–H and O–H groups in total. The standard InChI is InChI=1S/C15H24O/c1-9-5-6-11(16)15(4)8-7-10-13(12(9)15)14(10,2)3/h9-10,12-13H,5-8H2,1-4H3/t9-,10-,12-,13-,15+/m1/s1. The van der Waals surface area contributed by atoms with Crippen molar-refractivity contribution in [2.45, 2.75) is 53.4 Å². The fraction of sp³-hybridized carbons (Fsp3) is 0.933. The topological polar surface area (TPSA) is 17.1 Å². The van der Waals surface area contributed by atoms with Crippen LogP contribution in [0.2, 0.25) is 0 Å². The second-order valence-electron chi connectivity index (χ2n) is 7.37. The molecule has 3 fully saturated rings. The van der Waals surface area contributed by atoms with E-state index in [-0.39, 0.29) is 5.41 Å². The van der Waals surface area contributed by atoms with Gasteiger partial charge < -0.3 is 0 Å². The highest BCUT2D eigenvalue weighted by Gasteiger charge is 2.68. The molecule has 16 heavy (non-hydrogen) atoms. The zero-order valence-electron chi connectivity index (χ0n) is 11.0. The van der Waals surface area contributed by atoms with Crippen molar-refractivity contribution in [1.82, 2.24) is 0 Å². The van der Waals surface area contributed by atoms with Crippen molar-refractivity contribution in [3.05, 3.63) is 0 Å². The largest absolute Gasteiger partial charge is 0.299 e. The Balaban J connectivity index is 1.98. The van der Waals surface area contributed by atoms with Gasteiger partial charge in [0.1, 0.15) is 5.78 Å². The smallest absolute Gasteiger partial charge is 0.139 e. The molecule has 0 amide bonds. The predicted molar refractivity (Wildman–Crippen MR) is 65.0 cm³/mol. The molecule has 0 aromatic carbocycles. The van der Waals surface area contributed by atoms with Gasteiger partial charge in [0.15, 0.2) is 0 Å². The van der Waals surface area contributed by atoms with Gasteiger partial charge in [-0.2, -0.15) is 0 Å². The summed E-state index contributed by atoms with van der Waals surface area (Å²) < 4.78 is 0. The Labute approximate surface area is 99.0 Å². The fourth-order valence-electron chi connectivity index (χ4n) is 5.20. The second-order valence-corrected chi connectivity index (χ2v) is 7.37. The zero-order valence-corrected chi connectivity index (χ0v) is 11.0. The fourth-order valence-corrected chi connectivity index (χ4v) is 5.20. The Hall–Kier alpha value is -0.330. The van der Waals surface area contributed by atoms with Crippen molar-refractivity contribution < 1.29 is 4.79 Å². The van der Waals surface area contributed by atoms with Gasteiger partial charge >= 0.3 is 0 Å². The van der Waals surface area contributed by atoms with Gasteiger partial charge in [-0.1, -0.05) is 27.7 Å². The lowest BCUT2D eigenvalue weighted by atomic mass is 9.56. The number of ketones is 1. The third-order valence-corrected chi connectivity index (χ3v) is 6.31. The number of hydrogen-bond donors (Lipinski definition) is 0. The molecule has 0 radical (unpaired) electrons. The van der Waals surface area contributed by atoms with Crippen LogP contribution in [0.4, 0.5) is 0 Å². The summed E-state index contributed by atoms with van der Waals surface area (Å²) in [6, 6.07) is 0. The van der Waals surface area contributed by atoms with E-state index in [1.165, 1.54) is 6.42 Å². The molecular formula is C15H24O. The van der Waals surface area contributed by atoms with Crippen LogP contribution < -0.4 is 0 Å². The maximum Gasteiger partial charge on any atom is 0.139 e. The van der Waals surface area contributed by atoms with Crippen molar-refractivity contribution in [2.24, 2.45) is 34.5 Å². The van der Waals surface area contributed by atoms with Crippen LogP contribution in [0.1, 0.15) is 53.4 Å². The van der Waals surface area contributed by atoms with Crippen LogP contribution >= 0.6 is 0 Å². The molecule has 0 aromatic rings. The maximum absolute atomic E-state index is 12.3. The van der Waals surface area contributed by atoms with E-state index in [4.69, 9.17) is 0 Å².